The molecule has 0 spiro atoms. The summed E-state index contributed by atoms with van der Waals surface area (Å²) < 4.78 is 0. The van der Waals surface area contributed by atoms with E-state index in [1.165, 1.54) is 4.90 Å². The molecule has 0 bridgehead atoms. The molecule has 1 aliphatic carbocycles. The van der Waals surface area contributed by atoms with Gasteiger partial charge in [-0.05, 0) is 18.8 Å². The number of carbonyl (C=O) groups is 3. The van der Waals surface area contributed by atoms with Crippen molar-refractivity contribution in [2.45, 2.75) is 25.3 Å². The number of rotatable bonds is 4. The molecular weight excluding hydrogens is 184 g/mol. The van der Waals surface area contributed by atoms with Gasteiger partial charge < -0.3 is 9.69 Å². The van der Waals surface area contributed by atoms with E-state index < -0.39 is 0 Å². The third kappa shape index (κ3) is 1.49. The van der Waals surface area contributed by atoms with Crippen LogP contribution in [0.4, 0.5) is 4.79 Å². The first-order chi connectivity index (χ1) is 6.74. The van der Waals surface area contributed by atoms with E-state index >= 15 is 0 Å². The first kappa shape index (κ1) is 9.18. The average Bonchev–Trinajstić information content (AvgIpc) is 2.91. The lowest BCUT2D eigenvalue weighted by atomic mass is 10.1. The monoisotopic (exact) mass is 196 g/mol. The molecule has 0 aromatic heterocycles. The van der Waals surface area contributed by atoms with E-state index in [4.69, 9.17) is 0 Å². The molecule has 76 valence electrons. The van der Waals surface area contributed by atoms with Gasteiger partial charge in [0.15, 0.2) is 0 Å². The van der Waals surface area contributed by atoms with Gasteiger partial charge in [0, 0.05) is 13.0 Å². The molecule has 14 heavy (non-hydrogen) atoms. The standard InChI is InChI=1S/C9H12N2O3/c12-5-1-4-11-7(6-2-3-6)8(13)10-9(11)14/h5-7H,1-4H2,(H,10,13,14). The van der Waals surface area contributed by atoms with Crippen LogP contribution in [0.25, 0.3) is 0 Å². The van der Waals surface area contributed by atoms with E-state index in [1.54, 1.807) is 0 Å². The molecule has 2 aliphatic rings. The minimum absolute atomic E-state index is 0.205. The van der Waals surface area contributed by atoms with Crippen LogP contribution in [-0.4, -0.2) is 35.7 Å². The van der Waals surface area contributed by atoms with Gasteiger partial charge in [0.05, 0.1) is 0 Å². The molecular formula is C9H12N2O3. The Bertz CT molecular complexity index is 286. The summed E-state index contributed by atoms with van der Waals surface area (Å²) in [7, 11) is 0. The SMILES string of the molecule is O=CCCN1C(=O)NC(=O)C1C1CC1. The number of nitrogens with zero attached hydrogens (tertiary/aromatic N) is 1. The molecule has 1 unspecified atom stereocenters. The van der Waals surface area contributed by atoms with Gasteiger partial charge in [0.1, 0.15) is 12.3 Å². The Kier molecular flexibility index (Phi) is 2.23. The van der Waals surface area contributed by atoms with E-state index in [1.807, 2.05) is 0 Å². The molecule has 5 heteroatoms. The zero-order valence-corrected chi connectivity index (χ0v) is 7.73. The van der Waals surface area contributed by atoms with E-state index in [0.29, 0.717) is 18.9 Å². The molecule has 1 atom stereocenters. The summed E-state index contributed by atoms with van der Waals surface area (Å²) in [5.41, 5.74) is 0. The third-order valence-corrected chi connectivity index (χ3v) is 2.65. The summed E-state index contributed by atoms with van der Waals surface area (Å²) in [6, 6.07) is -0.670. The Morgan fingerprint density at radius 1 is 1.43 bits per heavy atom. The van der Waals surface area contributed by atoms with E-state index in [0.717, 1.165) is 19.1 Å². The summed E-state index contributed by atoms with van der Waals surface area (Å²) >= 11 is 0. The zero-order chi connectivity index (χ0) is 10.1. The first-order valence-electron chi connectivity index (χ1n) is 4.79. The van der Waals surface area contributed by atoms with Crippen LogP contribution in [0.3, 0.4) is 0 Å². The molecule has 0 aromatic carbocycles. The fraction of sp³-hybridized carbons (Fsp3) is 0.667. The fourth-order valence-electron chi connectivity index (χ4n) is 1.83. The summed E-state index contributed by atoms with van der Waals surface area (Å²) in [5, 5.41) is 2.28. The van der Waals surface area contributed by atoms with E-state index in [2.05, 4.69) is 5.32 Å². The first-order valence-corrected chi connectivity index (χ1v) is 4.79. The minimum atomic E-state index is -0.353. The highest BCUT2D eigenvalue weighted by Gasteiger charge is 2.46. The number of nitrogens with one attached hydrogen (secondary N) is 1. The smallest absolute Gasteiger partial charge is 0.312 e. The minimum Gasteiger partial charge on any atom is -0.312 e. The second-order valence-corrected chi connectivity index (χ2v) is 3.73. The van der Waals surface area contributed by atoms with Crippen molar-refractivity contribution in [3.05, 3.63) is 0 Å². The van der Waals surface area contributed by atoms with Crippen LogP contribution in [0.5, 0.6) is 0 Å². The highest BCUT2D eigenvalue weighted by molar-refractivity contribution is 6.04. The molecule has 1 saturated carbocycles. The van der Waals surface area contributed by atoms with Crippen molar-refractivity contribution in [2.75, 3.05) is 6.54 Å². The predicted octanol–water partition coefficient (Wildman–Crippen LogP) is -0.0942. The number of hydrogen-bond donors (Lipinski definition) is 1. The second kappa shape index (κ2) is 3.40. The largest absolute Gasteiger partial charge is 0.324 e. The maximum Gasteiger partial charge on any atom is 0.324 e. The van der Waals surface area contributed by atoms with Gasteiger partial charge in [0.25, 0.3) is 5.91 Å². The van der Waals surface area contributed by atoms with Gasteiger partial charge >= 0.3 is 6.03 Å². The third-order valence-electron chi connectivity index (χ3n) is 2.65. The van der Waals surface area contributed by atoms with Crippen molar-refractivity contribution in [2.24, 2.45) is 5.92 Å². The van der Waals surface area contributed by atoms with Gasteiger partial charge in [0.2, 0.25) is 0 Å². The number of hydrogen-bond acceptors (Lipinski definition) is 3. The van der Waals surface area contributed by atoms with Gasteiger partial charge in [-0.15, -0.1) is 0 Å². The van der Waals surface area contributed by atoms with Crippen molar-refractivity contribution in [1.29, 1.82) is 0 Å². The molecule has 0 aromatic rings. The Morgan fingerprint density at radius 2 is 2.14 bits per heavy atom. The van der Waals surface area contributed by atoms with Gasteiger partial charge in [-0.25, -0.2) is 4.79 Å². The van der Waals surface area contributed by atoms with Crippen molar-refractivity contribution < 1.29 is 14.4 Å². The van der Waals surface area contributed by atoms with Crippen molar-refractivity contribution >= 4 is 18.2 Å². The van der Waals surface area contributed by atoms with Gasteiger partial charge in [-0.1, -0.05) is 0 Å². The lowest BCUT2D eigenvalue weighted by Gasteiger charge is -2.19. The Hall–Kier alpha value is -1.39. The maximum atomic E-state index is 11.4. The average molecular weight is 196 g/mol. The molecule has 3 amide bonds. The lowest BCUT2D eigenvalue weighted by molar-refractivity contribution is -0.122. The molecule has 2 rings (SSSR count). The highest BCUT2D eigenvalue weighted by atomic mass is 16.2. The molecule has 0 radical (unpaired) electrons. The topological polar surface area (TPSA) is 66.5 Å². The van der Waals surface area contributed by atoms with Gasteiger partial charge in [-0.3, -0.25) is 10.1 Å². The molecule has 1 N–H and O–H groups in total. The molecule has 1 heterocycles. The van der Waals surface area contributed by atoms with Crippen LogP contribution >= 0.6 is 0 Å². The van der Waals surface area contributed by atoms with Crippen LogP contribution in [0.15, 0.2) is 0 Å². The molecule has 1 saturated heterocycles. The van der Waals surface area contributed by atoms with Crippen LogP contribution in [-0.2, 0) is 9.59 Å². The van der Waals surface area contributed by atoms with Crippen LogP contribution in [0.2, 0.25) is 0 Å². The highest BCUT2D eigenvalue weighted by Crippen LogP contribution is 2.37. The number of aldehydes is 1. The molecule has 1 aliphatic heterocycles. The van der Waals surface area contributed by atoms with Crippen molar-refractivity contribution in [3.8, 4) is 0 Å². The Labute approximate surface area is 81.4 Å². The number of amides is 3. The van der Waals surface area contributed by atoms with Gasteiger partial charge in [-0.2, -0.15) is 0 Å². The number of carbonyl (C=O) groups excluding carboxylic acids is 3. The number of urea groups is 1. The van der Waals surface area contributed by atoms with Crippen LogP contribution in [0.1, 0.15) is 19.3 Å². The maximum absolute atomic E-state index is 11.4. The van der Waals surface area contributed by atoms with Crippen molar-refractivity contribution in [3.63, 3.8) is 0 Å². The summed E-state index contributed by atoms with van der Waals surface area (Å²) in [6.07, 6.45) is 3.07. The number of imide groups is 1. The fourth-order valence-corrected chi connectivity index (χ4v) is 1.83. The normalized spacial score (nSPS) is 26.6. The quantitative estimate of drug-likeness (QED) is 0.504. The summed E-state index contributed by atoms with van der Waals surface area (Å²) in [4.78, 5) is 34.4. The van der Waals surface area contributed by atoms with Crippen LogP contribution < -0.4 is 5.32 Å². The summed E-state index contributed by atoms with van der Waals surface area (Å²) in [5.74, 6) is 0.108. The molecule has 2 fully saturated rings. The predicted molar refractivity (Wildman–Crippen MR) is 47.4 cm³/mol. The molecule has 5 nitrogen and oxygen atoms in total. The Balaban J connectivity index is 2.05. The summed E-state index contributed by atoms with van der Waals surface area (Å²) in [6.45, 7) is 0.349. The van der Waals surface area contributed by atoms with Crippen LogP contribution in [0, 0.1) is 5.92 Å². The zero-order valence-electron chi connectivity index (χ0n) is 7.73. The Morgan fingerprint density at radius 3 is 2.71 bits per heavy atom. The lowest BCUT2D eigenvalue weighted by Crippen LogP contribution is -2.37. The van der Waals surface area contributed by atoms with E-state index in [9.17, 15) is 14.4 Å². The van der Waals surface area contributed by atoms with Crippen molar-refractivity contribution in [1.82, 2.24) is 10.2 Å². The van der Waals surface area contributed by atoms with E-state index in [-0.39, 0.29) is 18.0 Å². The second-order valence-electron chi connectivity index (χ2n) is 3.73.